The van der Waals surface area contributed by atoms with Gasteiger partial charge in [-0.05, 0) is 18.2 Å². The van der Waals surface area contributed by atoms with Crippen molar-refractivity contribution in [2.75, 3.05) is 0 Å². The Bertz CT molecular complexity index is 511. The van der Waals surface area contributed by atoms with Crippen LogP contribution in [0.1, 0.15) is 15.9 Å². The molecule has 0 atom stereocenters. The summed E-state index contributed by atoms with van der Waals surface area (Å²) in [4.78, 5) is 14.3. The van der Waals surface area contributed by atoms with Gasteiger partial charge in [0.2, 0.25) is 0 Å². The normalized spacial score (nSPS) is 10.4. The van der Waals surface area contributed by atoms with Gasteiger partial charge in [-0.3, -0.25) is 4.79 Å². The first-order chi connectivity index (χ1) is 7.59. The molecule has 0 fully saturated rings. The van der Waals surface area contributed by atoms with E-state index in [-0.39, 0.29) is 11.1 Å². The average Bonchev–Trinajstić information content (AvgIpc) is 2.77. The molecule has 0 unspecified atom stereocenters. The number of halogens is 3. The third-order valence-electron chi connectivity index (χ3n) is 2.11. The maximum Gasteiger partial charge on any atom is 0.194 e. The molecule has 5 heteroatoms. The molecule has 2 nitrogen and oxygen atoms in total. The minimum absolute atomic E-state index is 0.226. The quantitative estimate of drug-likeness (QED) is 0.618. The molecule has 0 radical (unpaired) electrons. The number of H-pyrrole nitrogens is 1. The lowest BCUT2D eigenvalue weighted by Gasteiger charge is -2.00. The summed E-state index contributed by atoms with van der Waals surface area (Å²) in [5.74, 6) is -4.90. The van der Waals surface area contributed by atoms with Crippen molar-refractivity contribution in [3.63, 3.8) is 0 Å². The maximum atomic E-state index is 12.9. The van der Waals surface area contributed by atoms with Crippen LogP contribution in [-0.4, -0.2) is 10.8 Å². The van der Waals surface area contributed by atoms with E-state index in [1.807, 2.05) is 0 Å². The van der Waals surface area contributed by atoms with E-state index in [9.17, 15) is 18.0 Å². The zero-order valence-electron chi connectivity index (χ0n) is 7.93. The Labute approximate surface area is 88.7 Å². The molecule has 0 aliphatic rings. The van der Waals surface area contributed by atoms with E-state index in [1.165, 1.54) is 18.5 Å². The minimum atomic E-state index is -1.58. The van der Waals surface area contributed by atoms with Crippen molar-refractivity contribution >= 4 is 5.78 Å². The fraction of sp³-hybridized carbons (Fsp3) is 0. The highest BCUT2D eigenvalue weighted by Gasteiger charge is 2.16. The molecule has 1 aromatic carbocycles. The molecule has 1 N–H and O–H groups in total. The van der Waals surface area contributed by atoms with Crippen LogP contribution in [0.5, 0.6) is 0 Å². The lowest BCUT2D eigenvalue weighted by molar-refractivity contribution is 0.103. The molecular formula is C11H6F3NO. The summed E-state index contributed by atoms with van der Waals surface area (Å²) in [5, 5.41) is 0. The van der Waals surface area contributed by atoms with Gasteiger partial charge < -0.3 is 4.98 Å². The molecule has 0 aliphatic heterocycles. The first-order valence-electron chi connectivity index (χ1n) is 4.41. The van der Waals surface area contributed by atoms with Gasteiger partial charge >= 0.3 is 0 Å². The summed E-state index contributed by atoms with van der Waals surface area (Å²) in [5.41, 5.74) is 0.0291. The van der Waals surface area contributed by atoms with E-state index in [4.69, 9.17) is 0 Å². The summed E-state index contributed by atoms with van der Waals surface area (Å²) in [6.07, 6.45) is 2.89. The van der Waals surface area contributed by atoms with Gasteiger partial charge in [-0.25, -0.2) is 13.2 Å². The molecule has 2 aromatic rings. The lowest BCUT2D eigenvalue weighted by atomic mass is 10.1. The Morgan fingerprint density at radius 1 is 1.06 bits per heavy atom. The van der Waals surface area contributed by atoms with Crippen LogP contribution < -0.4 is 0 Å². The van der Waals surface area contributed by atoms with Gasteiger partial charge in [-0.15, -0.1) is 0 Å². The maximum absolute atomic E-state index is 12.9. The average molecular weight is 225 g/mol. The molecule has 0 aliphatic carbocycles. The number of rotatable bonds is 2. The highest BCUT2D eigenvalue weighted by Crippen LogP contribution is 2.16. The summed E-state index contributed by atoms with van der Waals surface area (Å²) in [6, 6.07) is 2.81. The Morgan fingerprint density at radius 3 is 2.19 bits per heavy atom. The minimum Gasteiger partial charge on any atom is -0.367 e. The van der Waals surface area contributed by atoms with Crippen LogP contribution in [0.4, 0.5) is 13.2 Å². The molecule has 2 rings (SSSR count). The summed E-state index contributed by atoms with van der Waals surface area (Å²) < 4.78 is 38.4. The standard InChI is InChI=1S/C11H6F3NO/c12-8-3-7(4-9(13)10(8)14)11(16)6-1-2-15-5-6/h1-5,15H. The largest absolute Gasteiger partial charge is 0.367 e. The Kier molecular flexibility index (Phi) is 2.52. The summed E-state index contributed by atoms with van der Waals surface area (Å²) in [7, 11) is 0. The molecule has 0 amide bonds. The van der Waals surface area contributed by atoms with Crippen molar-refractivity contribution in [1.82, 2.24) is 4.98 Å². The number of carbonyl (C=O) groups excluding carboxylic acids is 1. The topological polar surface area (TPSA) is 32.9 Å². The van der Waals surface area contributed by atoms with Crippen molar-refractivity contribution in [3.05, 3.63) is 59.2 Å². The third kappa shape index (κ3) is 1.71. The monoisotopic (exact) mass is 225 g/mol. The van der Waals surface area contributed by atoms with Crippen LogP contribution in [0.25, 0.3) is 0 Å². The number of nitrogens with one attached hydrogen (secondary N) is 1. The molecule has 0 spiro atoms. The van der Waals surface area contributed by atoms with Gasteiger partial charge in [-0.2, -0.15) is 0 Å². The van der Waals surface area contributed by atoms with Crippen LogP contribution in [0.2, 0.25) is 0 Å². The van der Waals surface area contributed by atoms with E-state index in [2.05, 4.69) is 4.98 Å². The molecule has 1 heterocycles. The number of aromatic amines is 1. The fourth-order valence-electron chi connectivity index (χ4n) is 1.32. The van der Waals surface area contributed by atoms with Gasteiger partial charge in [0, 0.05) is 23.5 Å². The van der Waals surface area contributed by atoms with Crippen LogP contribution in [0.15, 0.2) is 30.6 Å². The van der Waals surface area contributed by atoms with Crippen molar-refractivity contribution in [1.29, 1.82) is 0 Å². The number of benzene rings is 1. The summed E-state index contributed by atoms with van der Waals surface area (Å²) >= 11 is 0. The van der Waals surface area contributed by atoms with Gasteiger partial charge in [0.25, 0.3) is 0 Å². The molecule has 16 heavy (non-hydrogen) atoms. The second-order valence-electron chi connectivity index (χ2n) is 3.18. The molecule has 82 valence electrons. The van der Waals surface area contributed by atoms with Crippen LogP contribution in [0, 0.1) is 17.5 Å². The second-order valence-corrected chi connectivity index (χ2v) is 3.18. The van der Waals surface area contributed by atoms with E-state index >= 15 is 0 Å². The number of hydrogen-bond donors (Lipinski definition) is 1. The zero-order valence-corrected chi connectivity index (χ0v) is 7.93. The van der Waals surface area contributed by atoms with E-state index in [0.717, 1.165) is 0 Å². The van der Waals surface area contributed by atoms with Crippen LogP contribution in [-0.2, 0) is 0 Å². The highest BCUT2D eigenvalue weighted by atomic mass is 19.2. The van der Waals surface area contributed by atoms with E-state index in [1.54, 1.807) is 0 Å². The number of hydrogen-bond acceptors (Lipinski definition) is 1. The second kappa shape index (κ2) is 3.84. The first-order valence-corrected chi connectivity index (χ1v) is 4.41. The zero-order chi connectivity index (χ0) is 11.7. The molecule has 0 saturated heterocycles. The predicted octanol–water partition coefficient (Wildman–Crippen LogP) is 2.66. The first kappa shape index (κ1) is 10.5. The van der Waals surface area contributed by atoms with Gasteiger partial charge in [0.15, 0.2) is 23.2 Å². The summed E-state index contributed by atoms with van der Waals surface area (Å²) in [6.45, 7) is 0. The van der Waals surface area contributed by atoms with E-state index < -0.39 is 23.2 Å². The molecule has 0 saturated carbocycles. The Morgan fingerprint density at radius 2 is 1.69 bits per heavy atom. The van der Waals surface area contributed by atoms with Gasteiger partial charge in [0.1, 0.15) is 0 Å². The van der Waals surface area contributed by atoms with Crippen molar-refractivity contribution in [2.45, 2.75) is 0 Å². The third-order valence-corrected chi connectivity index (χ3v) is 2.11. The number of aromatic nitrogens is 1. The van der Waals surface area contributed by atoms with Gasteiger partial charge in [0.05, 0.1) is 0 Å². The van der Waals surface area contributed by atoms with Gasteiger partial charge in [-0.1, -0.05) is 0 Å². The van der Waals surface area contributed by atoms with E-state index in [0.29, 0.717) is 12.1 Å². The SMILES string of the molecule is O=C(c1cc[nH]c1)c1cc(F)c(F)c(F)c1. The lowest BCUT2D eigenvalue weighted by Crippen LogP contribution is -2.03. The number of carbonyl (C=O) groups is 1. The number of ketones is 1. The molecule has 1 aromatic heterocycles. The predicted molar refractivity (Wildman–Crippen MR) is 50.5 cm³/mol. The smallest absolute Gasteiger partial charge is 0.194 e. The fourth-order valence-corrected chi connectivity index (χ4v) is 1.32. The van der Waals surface area contributed by atoms with Crippen molar-refractivity contribution in [3.8, 4) is 0 Å². The Balaban J connectivity index is 2.46. The van der Waals surface area contributed by atoms with Crippen LogP contribution >= 0.6 is 0 Å². The van der Waals surface area contributed by atoms with Crippen molar-refractivity contribution in [2.24, 2.45) is 0 Å². The molecule has 0 bridgehead atoms. The Hall–Kier alpha value is -2.04. The highest BCUT2D eigenvalue weighted by molar-refractivity contribution is 6.08. The van der Waals surface area contributed by atoms with Crippen LogP contribution in [0.3, 0.4) is 0 Å². The van der Waals surface area contributed by atoms with Crippen molar-refractivity contribution < 1.29 is 18.0 Å². The molecular weight excluding hydrogens is 219 g/mol.